The van der Waals surface area contributed by atoms with Gasteiger partial charge in [-0.2, -0.15) is 0 Å². The highest BCUT2D eigenvalue weighted by Crippen LogP contribution is 2.22. The van der Waals surface area contributed by atoms with Gasteiger partial charge in [0.05, 0.1) is 0 Å². The van der Waals surface area contributed by atoms with Crippen LogP contribution in [0.5, 0.6) is 0 Å². The average Bonchev–Trinajstić information content (AvgIpc) is 2.66. The maximum Gasteiger partial charge on any atom is 0.313 e. The first-order valence-corrected chi connectivity index (χ1v) is 8.62. The molecule has 0 atom stereocenters. The molecule has 2 amide bonds. The molecule has 1 aromatic carbocycles. The predicted octanol–water partition coefficient (Wildman–Crippen LogP) is 2.85. The highest BCUT2D eigenvalue weighted by atomic mass is 16.2. The number of carbonyl (C=O) groups excluding carboxylic acids is 2. The minimum absolute atomic E-state index is 0.478. The fraction of sp³-hybridized carbons (Fsp3) is 0.350. The maximum atomic E-state index is 12.4. The number of benzene rings is 1. The molecule has 1 N–H and O–H groups in total. The van der Waals surface area contributed by atoms with Crippen LogP contribution in [-0.2, 0) is 28.9 Å². The molecule has 0 aliphatic carbocycles. The van der Waals surface area contributed by atoms with E-state index in [0.717, 1.165) is 35.2 Å². The standard InChI is InChI=1S/C20H25N3O2/c1-4-16-7-6-8-17(5-2)18(16)22-19(24)20(25)23(3)14-11-15-9-12-21-13-10-15/h6-10,12-13H,4-5,11,14H2,1-3H3,(H,22,24). The Morgan fingerprint density at radius 1 is 1.04 bits per heavy atom. The molecule has 0 fully saturated rings. The largest absolute Gasteiger partial charge is 0.337 e. The Balaban J connectivity index is 2.01. The van der Waals surface area contributed by atoms with Crippen LogP contribution in [0.1, 0.15) is 30.5 Å². The van der Waals surface area contributed by atoms with Gasteiger partial charge in [-0.15, -0.1) is 0 Å². The molecule has 5 heteroatoms. The SMILES string of the molecule is CCc1cccc(CC)c1NC(=O)C(=O)N(C)CCc1ccncc1. The second-order valence-electron chi connectivity index (χ2n) is 5.94. The van der Waals surface area contributed by atoms with E-state index >= 15 is 0 Å². The van der Waals surface area contributed by atoms with Crippen LogP contribution in [0.15, 0.2) is 42.7 Å². The van der Waals surface area contributed by atoms with E-state index in [4.69, 9.17) is 0 Å². The summed E-state index contributed by atoms with van der Waals surface area (Å²) >= 11 is 0. The molecule has 1 aromatic heterocycles. The number of likely N-dealkylation sites (N-methyl/N-ethyl adjacent to an activating group) is 1. The molecule has 2 aromatic rings. The van der Waals surface area contributed by atoms with Gasteiger partial charge in [0.1, 0.15) is 0 Å². The molecule has 132 valence electrons. The Hall–Kier alpha value is -2.69. The second kappa shape index (κ2) is 8.97. The summed E-state index contributed by atoms with van der Waals surface area (Å²) in [5, 5.41) is 2.82. The number of rotatable bonds is 6. The van der Waals surface area contributed by atoms with Crippen LogP contribution < -0.4 is 5.32 Å². The fourth-order valence-electron chi connectivity index (χ4n) is 2.69. The van der Waals surface area contributed by atoms with Gasteiger partial charge in [0.15, 0.2) is 0 Å². The summed E-state index contributed by atoms with van der Waals surface area (Å²) in [4.78, 5) is 30.2. The molecule has 0 unspecified atom stereocenters. The Morgan fingerprint density at radius 3 is 2.20 bits per heavy atom. The normalized spacial score (nSPS) is 10.4. The Bertz CT molecular complexity index is 707. The summed E-state index contributed by atoms with van der Waals surface area (Å²) in [6.45, 7) is 4.55. The van der Waals surface area contributed by atoms with Crippen LogP contribution >= 0.6 is 0 Å². The Morgan fingerprint density at radius 2 is 1.64 bits per heavy atom. The van der Waals surface area contributed by atoms with Gasteiger partial charge in [0.2, 0.25) is 0 Å². The number of anilines is 1. The van der Waals surface area contributed by atoms with Crippen molar-refractivity contribution in [2.45, 2.75) is 33.1 Å². The number of carbonyl (C=O) groups is 2. The fourth-order valence-corrected chi connectivity index (χ4v) is 2.69. The molecular formula is C20H25N3O2. The summed E-state index contributed by atoms with van der Waals surface area (Å²) in [5.74, 6) is -1.12. The van der Waals surface area contributed by atoms with E-state index in [9.17, 15) is 9.59 Å². The zero-order valence-corrected chi connectivity index (χ0v) is 15.1. The molecule has 0 radical (unpaired) electrons. The van der Waals surface area contributed by atoms with Gasteiger partial charge >= 0.3 is 11.8 Å². The third-order valence-corrected chi connectivity index (χ3v) is 4.26. The van der Waals surface area contributed by atoms with E-state index in [1.807, 2.05) is 44.2 Å². The number of pyridine rings is 1. The predicted molar refractivity (Wildman–Crippen MR) is 99.4 cm³/mol. The van der Waals surface area contributed by atoms with Crippen molar-refractivity contribution in [3.05, 3.63) is 59.4 Å². The molecule has 1 heterocycles. The number of aryl methyl sites for hydroxylation is 2. The first kappa shape index (κ1) is 18.6. The summed E-state index contributed by atoms with van der Waals surface area (Å²) in [5.41, 5.74) is 3.94. The van der Waals surface area contributed by atoms with Crippen molar-refractivity contribution in [2.75, 3.05) is 18.9 Å². The van der Waals surface area contributed by atoms with Crippen LogP contribution in [0.2, 0.25) is 0 Å². The summed E-state index contributed by atoms with van der Waals surface area (Å²) in [6.07, 6.45) is 5.73. The molecule has 0 saturated heterocycles. The number of para-hydroxylation sites is 1. The lowest BCUT2D eigenvalue weighted by Gasteiger charge is -2.18. The van der Waals surface area contributed by atoms with Crippen molar-refractivity contribution in [3.8, 4) is 0 Å². The number of hydrogen-bond donors (Lipinski definition) is 1. The molecule has 5 nitrogen and oxygen atoms in total. The van der Waals surface area contributed by atoms with E-state index in [1.54, 1.807) is 19.4 Å². The minimum atomic E-state index is -0.590. The van der Waals surface area contributed by atoms with Gasteiger partial charge in [-0.1, -0.05) is 32.0 Å². The molecule has 0 saturated carbocycles. The van der Waals surface area contributed by atoms with Crippen LogP contribution in [0, 0.1) is 0 Å². The molecule has 25 heavy (non-hydrogen) atoms. The maximum absolute atomic E-state index is 12.4. The first-order chi connectivity index (χ1) is 12.1. The number of nitrogens with zero attached hydrogens (tertiary/aromatic N) is 2. The van der Waals surface area contributed by atoms with Gasteiger partial charge in [-0.25, -0.2) is 0 Å². The number of hydrogen-bond acceptors (Lipinski definition) is 3. The van der Waals surface area contributed by atoms with Gasteiger partial charge in [0.25, 0.3) is 0 Å². The molecule has 0 aliphatic rings. The van der Waals surface area contributed by atoms with Crippen molar-refractivity contribution in [3.63, 3.8) is 0 Å². The van der Waals surface area contributed by atoms with Crippen molar-refractivity contribution < 1.29 is 9.59 Å². The van der Waals surface area contributed by atoms with Crippen LogP contribution in [-0.4, -0.2) is 35.3 Å². The van der Waals surface area contributed by atoms with Gasteiger partial charge in [-0.05, 0) is 48.1 Å². The summed E-state index contributed by atoms with van der Waals surface area (Å²) in [7, 11) is 1.65. The highest BCUT2D eigenvalue weighted by molar-refractivity contribution is 6.39. The zero-order chi connectivity index (χ0) is 18.2. The molecule has 0 aliphatic heterocycles. The molecular weight excluding hydrogens is 314 g/mol. The van der Waals surface area contributed by atoms with E-state index in [-0.39, 0.29) is 0 Å². The van der Waals surface area contributed by atoms with E-state index in [2.05, 4.69) is 10.3 Å². The van der Waals surface area contributed by atoms with Crippen molar-refractivity contribution in [1.82, 2.24) is 9.88 Å². The lowest BCUT2D eigenvalue weighted by Crippen LogP contribution is -2.38. The topological polar surface area (TPSA) is 62.3 Å². The number of amides is 2. The van der Waals surface area contributed by atoms with Crippen molar-refractivity contribution >= 4 is 17.5 Å². The van der Waals surface area contributed by atoms with Gasteiger partial charge in [-0.3, -0.25) is 14.6 Å². The smallest absolute Gasteiger partial charge is 0.313 e. The van der Waals surface area contributed by atoms with Crippen molar-refractivity contribution in [2.24, 2.45) is 0 Å². The number of nitrogens with one attached hydrogen (secondary N) is 1. The van der Waals surface area contributed by atoms with Crippen LogP contribution in [0.4, 0.5) is 5.69 Å². The van der Waals surface area contributed by atoms with E-state index in [0.29, 0.717) is 13.0 Å². The highest BCUT2D eigenvalue weighted by Gasteiger charge is 2.20. The number of aromatic nitrogens is 1. The van der Waals surface area contributed by atoms with Gasteiger partial charge < -0.3 is 10.2 Å². The molecule has 0 spiro atoms. The summed E-state index contributed by atoms with van der Waals surface area (Å²) < 4.78 is 0. The average molecular weight is 339 g/mol. The van der Waals surface area contributed by atoms with E-state index < -0.39 is 11.8 Å². The Kier molecular flexibility index (Phi) is 6.69. The van der Waals surface area contributed by atoms with Crippen LogP contribution in [0.3, 0.4) is 0 Å². The quantitative estimate of drug-likeness (QED) is 0.823. The Labute approximate surface area is 149 Å². The minimum Gasteiger partial charge on any atom is -0.337 e. The third kappa shape index (κ3) is 4.89. The zero-order valence-electron chi connectivity index (χ0n) is 15.1. The second-order valence-corrected chi connectivity index (χ2v) is 5.94. The monoisotopic (exact) mass is 339 g/mol. The van der Waals surface area contributed by atoms with Gasteiger partial charge in [0, 0.05) is 31.7 Å². The lowest BCUT2D eigenvalue weighted by molar-refractivity contribution is -0.142. The molecule has 2 rings (SSSR count). The van der Waals surface area contributed by atoms with E-state index in [1.165, 1.54) is 4.90 Å². The molecule has 0 bridgehead atoms. The summed E-state index contributed by atoms with van der Waals surface area (Å²) in [6, 6.07) is 9.75. The van der Waals surface area contributed by atoms with Crippen LogP contribution in [0.25, 0.3) is 0 Å². The first-order valence-electron chi connectivity index (χ1n) is 8.62. The third-order valence-electron chi connectivity index (χ3n) is 4.26. The van der Waals surface area contributed by atoms with Crippen molar-refractivity contribution in [1.29, 1.82) is 0 Å². The lowest BCUT2D eigenvalue weighted by atomic mass is 10.0.